The molecule has 0 aliphatic carbocycles. The fourth-order valence-corrected chi connectivity index (χ4v) is 1.78. The number of hydrogen-bond donors (Lipinski definition) is 1. The van der Waals surface area contributed by atoms with Gasteiger partial charge < -0.3 is 9.84 Å². The van der Waals surface area contributed by atoms with Crippen LogP contribution in [0.25, 0.3) is 0 Å². The van der Waals surface area contributed by atoms with Gasteiger partial charge in [-0.2, -0.15) is 0 Å². The minimum absolute atomic E-state index is 0.0202. The lowest BCUT2D eigenvalue weighted by Crippen LogP contribution is -2.40. The van der Waals surface area contributed by atoms with Crippen LogP contribution in [-0.4, -0.2) is 47.0 Å². The highest BCUT2D eigenvalue weighted by molar-refractivity contribution is 5.85. The molecule has 0 spiro atoms. The quantitative estimate of drug-likeness (QED) is 0.731. The van der Waals surface area contributed by atoms with Crippen LogP contribution in [0.4, 0.5) is 4.79 Å². The van der Waals surface area contributed by atoms with Gasteiger partial charge in [-0.3, -0.25) is 9.69 Å². The van der Waals surface area contributed by atoms with Gasteiger partial charge in [0.05, 0.1) is 0 Å². The van der Waals surface area contributed by atoms with Crippen LogP contribution >= 0.6 is 0 Å². The molecule has 0 aromatic carbocycles. The number of amides is 1. The van der Waals surface area contributed by atoms with Crippen molar-refractivity contribution in [3.05, 3.63) is 12.7 Å². The van der Waals surface area contributed by atoms with Crippen molar-refractivity contribution in [2.75, 3.05) is 13.2 Å². The third kappa shape index (κ3) is 3.05. The van der Waals surface area contributed by atoms with Gasteiger partial charge in [-0.05, 0) is 13.3 Å². The van der Waals surface area contributed by atoms with Crippen LogP contribution in [0.3, 0.4) is 0 Å². The van der Waals surface area contributed by atoms with E-state index in [-0.39, 0.29) is 25.4 Å². The Hall–Kier alpha value is -1.85. The lowest BCUT2D eigenvalue weighted by atomic mass is 10.0. The van der Waals surface area contributed by atoms with Gasteiger partial charge in [0.1, 0.15) is 18.4 Å². The Balaban J connectivity index is 2.74. The summed E-state index contributed by atoms with van der Waals surface area (Å²) in [6.07, 6.45) is 0.820. The third-order valence-electron chi connectivity index (χ3n) is 2.72. The molecule has 1 fully saturated rings. The number of carboxylic acids is 1. The van der Waals surface area contributed by atoms with E-state index in [1.165, 1.54) is 13.0 Å². The van der Waals surface area contributed by atoms with E-state index in [9.17, 15) is 14.4 Å². The van der Waals surface area contributed by atoms with Crippen LogP contribution in [-0.2, 0) is 14.3 Å². The number of ether oxygens (including phenoxy) is 1. The molecular formula is C11H15NO5. The Kier molecular flexibility index (Phi) is 4.25. The first kappa shape index (κ1) is 13.2. The zero-order valence-electron chi connectivity index (χ0n) is 9.59. The van der Waals surface area contributed by atoms with Gasteiger partial charge in [-0.15, -0.1) is 0 Å². The molecule has 1 aliphatic rings. The summed E-state index contributed by atoms with van der Waals surface area (Å²) < 4.78 is 4.78. The molecule has 0 radical (unpaired) electrons. The average Bonchev–Trinajstić information content (AvgIpc) is 2.70. The molecule has 2 atom stereocenters. The first-order chi connectivity index (χ1) is 7.97. The van der Waals surface area contributed by atoms with Crippen LogP contribution in [0.2, 0.25) is 0 Å². The first-order valence-electron chi connectivity index (χ1n) is 5.25. The summed E-state index contributed by atoms with van der Waals surface area (Å²) in [5, 5.41) is 8.98. The lowest BCUT2D eigenvalue weighted by Gasteiger charge is -2.20. The highest BCUT2D eigenvalue weighted by Gasteiger charge is 2.42. The molecular weight excluding hydrogens is 226 g/mol. The van der Waals surface area contributed by atoms with Crippen molar-refractivity contribution in [3.63, 3.8) is 0 Å². The summed E-state index contributed by atoms with van der Waals surface area (Å²) in [6.45, 7) is 4.90. The average molecular weight is 241 g/mol. The Morgan fingerprint density at radius 2 is 2.18 bits per heavy atom. The van der Waals surface area contributed by atoms with Gasteiger partial charge in [-0.1, -0.05) is 12.7 Å². The zero-order chi connectivity index (χ0) is 13.0. The predicted molar refractivity (Wildman–Crippen MR) is 58.5 cm³/mol. The van der Waals surface area contributed by atoms with E-state index in [4.69, 9.17) is 9.84 Å². The number of hydrogen-bond acceptors (Lipinski definition) is 4. The topological polar surface area (TPSA) is 83.9 Å². The van der Waals surface area contributed by atoms with E-state index in [1.807, 2.05) is 0 Å². The van der Waals surface area contributed by atoms with Crippen LogP contribution in [0.1, 0.15) is 13.3 Å². The number of Topliss-reactive ketones (excluding diaryl/α,β-unsaturated/α-hetero) is 1. The minimum atomic E-state index is -1.12. The molecule has 2 unspecified atom stereocenters. The molecule has 0 aromatic heterocycles. The Morgan fingerprint density at radius 1 is 1.53 bits per heavy atom. The van der Waals surface area contributed by atoms with Gasteiger partial charge >= 0.3 is 12.1 Å². The monoisotopic (exact) mass is 241 g/mol. The van der Waals surface area contributed by atoms with E-state index < -0.39 is 24.0 Å². The van der Waals surface area contributed by atoms with Crippen molar-refractivity contribution in [3.8, 4) is 0 Å². The molecule has 1 amide bonds. The summed E-state index contributed by atoms with van der Waals surface area (Å²) in [4.78, 5) is 34.8. The number of likely N-dealkylation sites (tertiary alicyclic amines) is 1. The Morgan fingerprint density at radius 3 is 2.65 bits per heavy atom. The smallest absolute Gasteiger partial charge is 0.410 e. The molecule has 1 heterocycles. The van der Waals surface area contributed by atoms with E-state index >= 15 is 0 Å². The van der Waals surface area contributed by atoms with Gasteiger partial charge in [-0.25, -0.2) is 9.59 Å². The maximum atomic E-state index is 11.6. The summed E-state index contributed by atoms with van der Waals surface area (Å²) in [5.41, 5.74) is 0. The van der Waals surface area contributed by atoms with Crippen LogP contribution in [0.15, 0.2) is 12.7 Å². The molecule has 1 saturated heterocycles. The molecule has 1 rings (SSSR count). The van der Waals surface area contributed by atoms with Crippen LogP contribution in [0, 0.1) is 5.92 Å². The van der Waals surface area contributed by atoms with Gasteiger partial charge in [0.25, 0.3) is 0 Å². The Labute approximate surface area is 98.8 Å². The predicted octanol–water partition coefficient (Wildman–Crippen LogP) is 0.673. The van der Waals surface area contributed by atoms with Crippen LogP contribution in [0.5, 0.6) is 0 Å². The number of ketones is 1. The second kappa shape index (κ2) is 5.47. The Bertz CT molecular complexity index is 352. The fraction of sp³-hybridized carbons (Fsp3) is 0.545. The molecule has 6 heteroatoms. The third-order valence-corrected chi connectivity index (χ3v) is 2.72. The van der Waals surface area contributed by atoms with Gasteiger partial charge in [0.15, 0.2) is 0 Å². The summed E-state index contributed by atoms with van der Waals surface area (Å²) in [7, 11) is 0. The minimum Gasteiger partial charge on any atom is -0.480 e. The highest BCUT2D eigenvalue weighted by atomic mass is 16.6. The fourth-order valence-electron chi connectivity index (χ4n) is 1.78. The second-order valence-electron chi connectivity index (χ2n) is 3.92. The van der Waals surface area contributed by atoms with Crippen molar-refractivity contribution in [1.82, 2.24) is 4.90 Å². The van der Waals surface area contributed by atoms with Crippen molar-refractivity contribution in [2.45, 2.75) is 19.4 Å². The number of nitrogens with zero attached hydrogens (tertiary/aromatic N) is 1. The van der Waals surface area contributed by atoms with Gasteiger partial charge in [0.2, 0.25) is 0 Å². The number of carbonyl (C=O) groups excluding carboxylic acids is 2. The number of carbonyl (C=O) groups is 3. The molecule has 94 valence electrons. The first-order valence-corrected chi connectivity index (χ1v) is 5.25. The SMILES string of the molecule is C=CCOC(=O)N1CC(C(C)=O)CC1C(=O)O. The van der Waals surface area contributed by atoms with E-state index in [0.29, 0.717) is 0 Å². The number of carboxylic acid groups (broad SMARTS) is 1. The standard InChI is InChI=1S/C11H15NO5/c1-3-4-17-11(16)12-6-8(7(2)13)5-9(12)10(14)15/h3,8-9H,1,4-6H2,2H3,(H,14,15). The van der Waals surface area contributed by atoms with E-state index in [2.05, 4.69) is 6.58 Å². The maximum absolute atomic E-state index is 11.6. The van der Waals surface area contributed by atoms with E-state index in [1.54, 1.807) is 0 Å². The largest absolute Gasteiger partial charge is 0.480 e. The lowest BCUT2D eigenvalue weighted by molar-refractivity contribution is -0.141. The molecule has 1 N–H and O–H groups in total. The molecule has 0 aromatic rings. The van der Waals surface area contributed by atoms with Crippen molar-refractivity contribution in [1.29, 1.82) is 0 Å². The van der Waals surface area contributed by atoms with Crippen molar-refractivity contribution in [2.24, 2.45) is 5.92 Å². The highest BCUT2D eigenvalue weighted by Crippen LogP contribution is 2.24. The maximum Gasteiger partial charge on any atom is 0.410 e. The number of aliphatic carboxylic acids is 1. The number of rotatable bonds is 4. The van der Waals surface area contributed by atoms with Gasteiger partial charge in [0, 0.05) is 12.5 Å². The van der Waals surface area contributed by atoms with E-state index in [0.717, 1.165) is 4.90 Å². The summed E-state index contributed by atoms with van der Waals surface area (Å²) >= 11 is 0. The van der Waals surface area contributed by atoms with Crippen LogP contribution < -0.4 is 0 Å². The van der Waals surface area contributed by atoms with Crippen molar-refractivity contribution < 1.29 is 24.2 Å². The zero-order valence-corrected chi connectivity index (χ0v) is 9.59. The normalized spacial score (nSPS) is 23.2. The molecule has 1 aliphatic heterocycles. The summed E-state index contributed by atoms with van der Waals surface area (Å²) in [5.74, 6) is -1.66. The molecule has 17 heavy (non-hydrogen) atoms. The molecule has 6 nitrogen and oxygen atoms in total. The van der Waals surface area contributed by atoms with Crippen molar-refractivity contribution >= 4 is 17.8 Å². The molecule has 0 saturated carbocycles. The summed E-state index contributed by atoms with van der Waals surface area (Å²) in [6, 6.07) is -0.985. The molecule has 0 bridgehead atoms. The second-order valence-corrected chi connectivity index (χ2v) is 3.92.